The van der Waals surface area contributed by atoms with Gasteiger partial charge in [0.2, 0.25) is 0 Å². The Bertz CT molecular complexity index is 604. The van der Waals surface area contributed by atoms with Crippen molar-refractivity contribution >= 4 is 39.1 Å². The van der Waals surface area contributed by atoms with E-state index < -0.39 is 11.9 Å². The van der Waals surface area contributed by atoms with Crippen molar-refractivity contribution in [1.29, 1.82) is 0 Å². The maximum Gasteiger partial charge on any atom is 0.123 e. The molecule has 0 heterocycles. The molecular weight excluding hydrogens is 354 g/mol. The lowest BCUT2D eigenvalue weighted by molar-refractivity contribution is 0.177. The summed E-state index contributed by atoms with van der Waals surface area (Å²) in [6, 6.07) is 9.41. The highest BCUT2D eigenvalue weighted by atomic mass is 79.9. The lowest BCUT2D eigenvalue weighted by Crippen LogP contribution is -2.04. The highest BCUT2D eigenvalue weighted by Gasteiger charge is 2.15. The second-order valence-electron chi connectivity index (χ2n) is 4.10. The van der Waals surface area contributed by atoms with Crippen molar-refractivity contribution in [3.8, 4) is 0 Å². The number of rotatable bonds is 3. The van der Waals surface area contributed by atoms with Crippen LogP contribution < -0.4 is 0 Å². The Balaban J connectivity index is 2.28. The van der Waals surface area contributed by atoms with Crippen LogP contribution in [-0.4, -0.2) is 5.11 Å². The van der Waals surface area contributed by atoms with Crippen LogP contribution in [0.4, 0.5) is 4.39 Å². The van der Waals surface area contributed by atoms with Gasteiger partial charge in [-0.15, -0.1) is 0 Å². The second kappa shape index (κ2) is 6.23. The first kappa shape index (κ1) is 14.8. The number of hydrogen-bond donors (Lipinski definition) is 1. The minimum Gasteiger partial charge on any atom is -0.388 e. The van der Waals surface area contributed by atoms with Crippen molar-refractivity contribution < 1.29 is 9.50 Å². The van der Waals surface area contributed by atoms with Crippen LogP contribution in [0.25, 0.3) is 0 Å². The Morgan fingerprint density at radius 1 is 1.21 bits per heavy atom. The first-order chi connectivity index (χ1) is 8.99. The van der Waals surface area contributed by atoms with Crippen LogP contribution >= 0.6 is 39.1 Å². The standard InChI is InChI=1S/C14H10BrCl2FO/c15-11-5-4-9(18)7-10(11)13(19)6-8-2-1-3-12(16)14(8)17/h1-5,7,13,19H,6H2. The van der Waals surface area contributed by atoms with Crippen molar-refractivity contribution in [2.75, 3.05) is 0 Å². The topological polar surface area (TPSA) is 20.2 Å². The van der Waals surface area contributed by atoms with Crippen LogP contribution in [0.5, 0.6) is 0 Å². The summed E-state index contributed by atoms with van der Waals surface area (Å²) in [5.74, 6) is -0.394. The number of aliphatic hydroxyl groups is 1. The Hall–Kier alpha value is -0.610. The van der Waals surface area contributed by atoms with Crippen LogP contribution in [0.15, 0.2) is 40.9 Å². The Morgan fingerprint density at radius 2 is 1.95 bits per heavy atom. The highest BCUT2D eigenvalue weighted by Crippen LogP contribution is 2.31. The maximum absolute atomic E-state index is 13.2. The lowest BCUT2D eigenvalue weighted by atomic mass is 10.0. The lowest BCUT2D eigenvalue weighted by Gasteiger charge is -2.14. The molecule has 2 aromatic carbocycles. The summed E-state index contributed by atoms with van der Waals surface area (Å²) in [4.78, 5) is 0. The Labute approximate surface area is 129 Å². The average molecular weight is 364 g/mol. The fourth-order valence-electron chi connectivity index (χ4n) is 1.79. The minimum absolute atomic E-state index is 0.265. The molecule has 2 rings (SSSR count). The maximum atomic E-state index is 13.2. The quantitative estimate of drug-likeness (QED) is 0.797. The molecule has 0 saturated carbocycles. The van der Waals surface area contributed by atoms with Crippen molar-refractivity contribution in [1.82, 2.24) is 0 Å². The summed E-state index contributed by atoms with van der Waals surface area (Å²) in [5, 5.41) is 11.0. The summed E-state index contributed by atoms with van der Waals surface area (Å²) in [6.45, 7) is 0. The summed E-state index contributed by atoms with van der Waals surface area (Å²) < 4.78 is 13.9. The predicted octanol–water partition coefficient (Wildman–Crippen LogP) is 5.17. The van der Waals surface area contributed by atoms with E-state index in [-0.39, 0.29) is 6.42 Å². The van der Waals surface area contributed by atoms with Crippen molar-refractivity contribution in [2.24, 2.45) is 0 Å². The smallest absolute Gasteiger partial charge is 0.123 e. The van der Waals surface area contributed by atoms with E-state index in [0.29, 0.717) is 20.1 Å². The van der Waals surface area contributed by atoms with Gasteiger partial charge in [0.15, 0.2) is 0 Å². The van der Waals surface area contributed by atoms with E-state index in [9.17, 15) is 9.50 Å². The van der Waals surface area contributed by atoms with E-state index in [1.165, 1.54) is 12.1 Å². The van der Waals surface area contributed by atoms with Crippen LogP contribution in [0.3, 0.4) is 0 Å². The summed E-state index contributed by atoms with van der Waals surface area (Å²) in [6.07, 6.45) is -0.595. The molecule has 0 radical (unpaired) electrons. The van der Waals surface area contributed by atoms with Gasteiger partial charge in [-0.3, -0.25) is 0 Å². The third kappa shape index (κ3) is 3.48. The molecule has 100 valence electrons. The van der Waals surface area contributed by atoms with E-state index in [0.717, 1.165) is 5.56 Å². The first-order valence-electron chi connectivity index (χ1n) is 5.55. The zero-order valence-electron chi connectivity index (χ0n) is 9.71. The monoisotopic (exact) mass is 362 g/mol. The molecule has 0 fully saturated rings. The summed E-state index contributed by atoms with van der Waals surface area (Å²) in [5.41, 5.74) is 1.20. The number of hydrogen-bond acceptors (Lipinski definition) is 1. The molecule has 1 atom stereocenters. The van der Waals surface area contributed by atoms with Crippen molar-refractivity contribution in [3.05, 3.63) is 67.9 Å². The molecular formula is C14H10BrCl2FO. The molecule has 0 aromatic heterocycles. The van der Waals surface area contributed by atoms with Gasteiger partial charge in [-0.05, 0) is 35.4 Å². The molecule has 0 amide bonds. The zero-order valence-corrected chi connectivity index (χ0v) is 12.8. The van der Waals surface area contributed by atoms with Crippen LogP contribution in [0.2, 0.25) is 10.0 Å². The van der Waals surface area contributed by atoms with Crippen molar-refractivity contribution in [3.63, 3.8) is 0 Å². The van der Waals surface area contributed by atoms with Gasteiger partial charge in [-0.25, -0.2) is 4.39 Å². The van der Waals surface area contributed by atoms with Crippen LogP contribution in [0, 0.1) is 5.82 Å². The third-order valence-corrected chi connectivity index (χ3v) is 4.34. The van der Waals surface area contributed by atoms with Gasteiger partial charge >= 0.3 is 0 Å². The number of benzene rings is 2. The molecule has 5 heteroatoms. The van der Waals surface area contributed by atoms with E-state index in [2.05, 4.69) is 15.9 Å². The van der Waals surface area contributed by atoms with Gasteiger partial charge in [-0.1, -0.05) is 51.3 Å². The van der Waals surface area contributed by atoms with E-state index in [1.807, 2.05) is 0 Å². The number of aliphatic hydroxyl groups excluding tert-OH is 1. The Kier molecular flexibility index (Phi) is 4.85. The molecule has 0 aliphatic rings. The fraction of sp³-hybridized carbons (Fsp3) is 0.143. The van der Waals surface area contributed by atoms with E-state index in [1.54, 1.807) is 24.3 Å². The predicted molar refractivity (Wildman–Crippen MR) is 79.2 cm³/mol. The molecule has 0 aliphatic heterocycles. The van der Waals surface area contributed by atoms with Gasteiger partial charge in [-0.2, -0.15) is 0 Å². The SMILES string of the molecule is OC(Cc1cccc(Cl)c1Cl)c1cc(F)ccc1Br. The van der Waals surface area contributed by atoms with Crippen LogP contribution in [0.1, 0.15) is 17.2 Å². The second-order valence-corrected chi connectivity index (χ2v) is 5.74. The van der Waals surface area contributed by atoms with Gasteiger partial charge < -0.3 is 5.11 Å². The molecule has 0 aliphatic carbocycles. The minimum atomic E-state index is -0.860. The molecule has 2 aromatic rings. The molecule has 1 nitrogen and oxygen atoms in total. The molecule has 1 unspecified atom stereocenters. The zero-order chi connectivity index (χ0) is 14.0. The summed E-state index contributed by atoms with van der Waals surface area (Å²) >= 11 is 15.3. The highest BCUT2D eigenvalue weighted by molar-refractivity contribution is 9.10. The van der Waals surface area contributed by atoms with Gasteiger partial charge in [0.25, 0.3) is 0 Å². The molecule has 19 heavy (non-hydrogen) atoms. The van der Waals surface area contributed by atoms with Crippen molar-refractivity contribution in [2.45, 2.75) is 12.5 Å². The van der Waals surface area contributed by atoms with Crippen LogP contribution in [-0.2, 0) is 6.42 Å². The third-order valence-electron chi connectivity index (χ3n) is 2.76. The van der Waals surface area contributed by atoms with Gasteiger partial charge in [0, 0.05) is 10.9 Å². The molecule has 0 spiro atoms. The first-order valence-corrected chi connectivity index (χ1v) is 7.10. The largest absolute Gasteiger partial charge is 0.388 e. The molecule has 0 bridgehead atoms. The normalized spacial score (nSPS) is 12.5. The average Bonchev–Trinajstić information content (AvgIpc) is 2.38. The van der Waals surface area contributed by atoms with E-state index in [4.69, 9.17) is 23.2 Å². The number of halogens is 4. The van der Waals surface area contributed by atoms with Gasteiger partial charge in [0.05, 0.1) is 16.1 Å². The summed E-state index contributed by atoms with van der Waals surface area (Å²) in [7, 11) is 0. The van der Waals surface area contributed by atoms with E-state index >= 15 is 0 Å². The molecule has 1 N–H and O–H groups in total. The molecule has 0 saturated heterocycles. The van der Waals surface area contributed by atoms with Gasteiger partial charge in [0.1, 0.15) is 5.82 Å². The Morgan fingerprint density at radius 3 is 2.68 bits per heavy atom. The fourth-order valence-corrected chi connectivity index (χ4v) is 2.70.